The first-order valence-corrected chi connectivity index (χ1v) is 6.25. The number of nitrogens with zero attached hydrogens (tertiary/aromatic N) is 4. The van der Waals surface area contributed by atoms with Gasteiger partial charge in [-0.2, -0.15) is 0 Å². The molecule has 0 saturated heterocycles. The maximum absolute atomic E-state index is 6.12. The summed E-state index contributed by atoms with van der Waals surface area (Å²) < 4.78 is 2.13. The molecule has 0 amide bonds. The lowest BCUT2D eigenvalue weighted by atomic mass is 10.2. The lowest BCUT2D eigenvalue weighted by Crippen LogP contribution is -2.19. The van der Waals surface area contributed by atoms with Crippen LogP contribution in [0.3, 0.4) is 0 Å². The molecule has 0 saturated carbocycles. The molecular formula is C13H19N5. The topological polar surface area (TPSA) is 69.6 Å². The SMILES string of the molecule is CCCn1ccnc1CC(N)c1ncc(C)cn1. The lowest BCUT2D eigenvalue weighted by Gasteiger charge is -2.11. The Balaban J connectivity index is 2.08. The summed E-state index contributed by atoms with van der Waals surface area (Å²) in [4.78, 5) is 12.9. The molecule has 0 aliphatic carbocycles. The third kappa shape index (κ3) is 2.92. The zero-order valence-corrected chi connectivity index (χ0v) is 10.9. The third-order valence-corrected chi connectivity index (χ3v) is 2.80. The van der Waals surface area contributed by atoms with Gasteiger partial charge in [-0.3, -0.25) is 0 Å². The molecule has 2 aromatic rings. The van der Waals surface area contributed by atoms with Crippen molar-refractivity contribution >= 4 is 0 Å². The van der Waals surface area contributed by atoms with Gasteiger partial charge in [0.2, 0.25) is 0 Å². The van der Waals surface area contributed by atoms with Crippen molar-refractivity contribution < 1.29 is 0 Å². The van der Waals surface area contributed by atoms with E-state index >= 15 is 0 Å². The number of aryl methyl sites for hydroxylation is 2. The van der Waals surface area contributed by atoms with Crippen LogP contribution in [-0.2, 0) is 13.0 Å². The number of rotatable bonds is 5. The van der Waals surface area contributed by atoms with E-state index in [9.17, 15) is 0 Å². The smallest absolute Gasteiger partial charge is 0.145 e. The van der Waals surface area contributed by atoms with Crippen LogP contribution in [0.1, 0.15) is 36.6 Å². The van der Waals surface area contributed by atoms with Gasteiger partial charge in [-0.05, 0) is 18.9 Å². The van der Waals surface area contributed by atoms with Crippen molar-refractivity contribution in [3.8, 4) is 0 Å². The lowest BCUT2D eigenvalue weighted by molar-refractivity contribution is 0.582. The molecule has 0 bridgehead atoms. The standard InChI is InChI=1S/C13H19N5/c1-3-5-18-6-4-15-12(18)7-11(14)13-16-8-10(2)9-17-13/h4,6,8-9,11H,3,5,7,14H2,1-2H3. The second kappa shape index (κ2) is 5.73. The van der Waals surface area contributed by atoms with Crippen LogP contribution in [0.4, 0.5) is 0 Å². The van der Waals surface area contributed by atoms with Gasteiger partial charge in [0.15, 0.2) is 0 Å². The summed E-state index contributed by atoms with van der Waals surface area (Å²) in [5.41, 5.74) is 7.16. The van der Waals surface area contributed by atoms with Crippen LogP contribution in [-0.4, -0.2) is 19.5 Å². The number of hydrogen-bond acceptors (Lipinski definition) is 4. The van der Waals surface area contributed by atoms with Gasteiger partial charge < -0.3 is 10.3 Å². The van der Waals surface area contributed by atoms with E-state index < -0.39 is 0 Å². The van der Waals surface area contributed by atoms with Gasteiger partial charge in [0.05, 0.1) is 6.04 Å². The molecule has 0 aromatic carbocycles. The Morgan fingerprint density at radius 2 is 2.00 bits per heavy atom. The van der Waals surface area contributed by atoms with Crippen LogP contribution in [0, 0.1) is 6.92 Å². The van der Waals surface area contributed by atoms with Crippen LogP contribution >= 0.6 is 0 Å². The molecule has 2 aromatic heterocycles. The van der Waals surface area contributed by atoms with Crippen LogP contribution < -0.4 is 5.73 Å². The Morgan fingerprint density at radius 1 is 1.28 bits per heavy atom. The quantitative estimate of drug-likeness (QED) is 0.869. The molecule has 5 nitrogen and oxygen atoms in total. The maximum atomic E-state index is 6.12. The van der Waals surface area contributed by atoms with Crippen LogP contribution in [0.2, 0.25) is 0 Å². The molecule has 0 fully saturated rings. The molecule has 5 heteroatoms. The van der Waals surface area contributed by atoms with E-state index in [1.165, 1.54) is 0 Å². The van der Waals surface area contributed by atoms with E-state index in [0.717, 1.165) is 24.4 Å². The summed E-state index contributed by atoms with van der Waals surface area (Å²) in [7, 11) is 0. The van der Waals surface area contributed by atoms with Crippen molar-refractivity contribution in [1.82, 2.24) is 19.5 Å². The minimum absolute atomic E-state index is 0.205. The Bertz CT molecular complexity index is 488. The van der Waals surface area contributed by atoms with Crippen molar-refractivity contribution in [3.05, 3.63) is 42.0 Å². The molecule has 0 aliphatic heterocycles. The monoisotopic (exact) mass is 245 g/mol. The van der Waals surface area contributed by atoms with Crippen LogP contribution in [0.15, 0.2) is 24.8 Å². The molecule has 2 rings (SSSR count). The summed E-state index contributed by atoms with van der Waals surface area (Å²) >= 11 is 0. The average Bonchev–Trinajstić information content (AvgIpc) is 2.78. The second-order valence-corrected chi connectivity index (χ2v) is 4.47. The van der Waals surface area contributed by atoms with Gasteiger partial charge in [-0.15, -0.1) is 0 Å². The minimum atomic E-state index is -0.205. The predicted molar refractivity (Wildman–Crippen MR) is 69.9 cm³/mol. The van der Waals surface area contributed by atoms with Crippen molar-refractivity contribution in [1.29, 1.82) is 0 Å². The summed E-state index contributed by atoms with van der Waals surface area (Å²) in [5.74, 6) is 1.67. The fourth-order valence-electron chi connectivity index (χ4n) is 1.86. The highest BCUT2D eigenvalue weighted by molar-refractivity contribution is 5.06. The first-order chi connectivity index (χ1) is 8.70. The number of hydrogen-bond donors (Lipinski definition) is 1. The van der Waals surface area contributed by atoms with Crippen molar-refractivity contribution in [2.75, 3.05) is 0 Å². The summed E-state index contributed by atoms with van der Waals surface area (Å²) in [6.07, 6.45) is 9.13. The molecule has 2 heterocycles. The maximum Gasteiger partial charge on any atom is 0.145 e. The largest absolute Gasteiger partial charge is 0.335 e. The highest BCUT2D eigenvalue weighted by Crippen LogP contribution is 2.11. The first-order valence-electron chi connectivity index (χ1n) is 6.25. The Kier molecular flexibility index (Phi) is 4.04. The molecule has 1 unspecified atom stereocenters. The fourth-order valence-corrected chi connectivity index (χ4v) is 1.86. The van der Waals surface area contributed by atoms with E-state index in [-0.39, 0.29) is 6.04 Å². The predicted octanol–water partition coefficient (Wildman–Crippen LogP) is 1.63. The zero-order chi connectivity index (χ0) is 13.0. The number of imidazole rings is 1. The fraction of sp³-hybridized carbons (Fsp3) is 0.462. The molecule has 0 radical (unpaired) electrons. The molecule has 96 valence electrons. The van der Waals surface area contributed by atoms with E-state index in [2.05, 4.69) is 26.4 Å². The zero-order valence-electron chi connectivity index (χ0n) is 10.9. The van der Waals surface area contributed by atoms with E-state index in [4.69, 9.17) is 5.73 Å². The molecule has 18 heavy (non-hydrogen) atoms. The molecule has 2 N–H and O–H groups in total. The number of aromatic nitrogens is 4. The van der Waals surface area contributed by atoms with Gasteiger partial charge in [-0.25, -0.2) is 15.0 Å². The van der Waals surface area contributed by atoms with Gasteiger partial charge in [0.25, 0.3) is 0 Å². The highest BCUT2D eigenvalue weighted by Gasteiger charge is 2.13. The van der Waals surface area contributed by atoms with E-state index in [0.29, 0.717) is 12.2 Å². The molecule has 0 spiro atoms. The Labute approximate surface area is 107 Å². The summed E-state index contributed by atoms with van der Waals surface area (Å²) in [6.45, 7) is 5.08. The van der Waals surface area contributed by atoms with Gasteiger partial charge in [0.1, 0.15) is 11.6 Å². The van der Waals surface area contributed by atoms with Crippen LogP contribution in [0.25, 0.3) is 0 Å². The van der Waals surface area contributed by atoms with Gasteiger partial charge >= 0.3 is 0 Å². The van der Waals surface area contributed by atoms with Crippen molar-refractivity contribution in [2.24, 2.45) is 5.73 Å². The van der Waals surface area contributed by atoms with Crippen molar-refractivity contribution in [3.63, 3.8) is 0 Å². The summed E-state index contributed by atoms with van der Waals surface area (Å²) in [5, 5.41) is 0. The third-order valence-electron chi connectivity index (χ3n) is 2.80. The molecule has 1 atom stereocenters. The first kappa shape index (κ1) is 12.7. The van der Waals surface area contributed by atoms with Crippen LogP contribution in [0.5, 0.6) is 0 Å². The van der Waals surface area contributed by atoms with E-state index in [1.54, 1.807) is 12.4 Å². The molecular weight excluding hydrogens is 226 g/mol. The highest BCUT2D eigenvalue weighted by atomic mass is 15.1. The second-order valence-electron chi connectivity index (χ2n) is 4.47. The molecule has 0 aliphatic rings. The number of nitrogens with two attached hydrogens (primary N) is 1. The summed E-state index contributed by atoms with van der Waals surface area (Å²) in [6, 6.07) is -0.205. The van der Waals surface area contributed by atoms with Gasteiger partial charge in [0, 0.05) is 37.8 Å². The Morgan fingerprint density at radius 3 is 2.67 bits per heavy atom. The van der Waals surface area contributed by atoms with Gasteiger partial charge in [-0.1, -0.05) is 6.92 Å². The van der Waals surface area contributed by atoms with Crippen molar-refractivity contribution in [2.45, 2.75) is 39.3 Å². The van der Waals surface area contributed by atoms with E-state index in [1.807, 2.05) is 19.3 Å². The Hall–Kier alpha value is -1.75. The minimum Gasteiger partial charge on any atom is -0.335 e. The normalized spacial score (nSPS) is 12.6. The average molecular weight is 245 g/mol.